The fraction of sp³-hybridized carbons (Fsp3) is 0.214. The minimum atomic E-state index is -0.237. The van der Waals surface area contributed by atoms with Crippen LogP contribution in [0.25, 0.3) is 0 Å². The van der Waals surface area contributed by atoms with Gasteiger partial charge in [0.15, 0.2) is 0 Å². The smallest absolute Gasteiger partial charge is 0.124 e. The van der Waals surface area contributed by atoms with Gasteiger partial charge in [0.2, 0.25) is 0 Å². The van der Waals surface area contributed by atoms with E-state index in [0.29, 0.717) is 6.54 Å². The van der Waals surface area contributed by atoms with Crippen LogP contribution in [0, 0.1) is 19.7 Å². The van der Waals surface area contributed by atoms with Crippen molar-refractivity contribution in [2.24, 2.45) is 0 Å². The lowest BCUT2D eigenvalue weighted by Gasteiger charge is -2.10. The van der Waals surface area contributed by atoms with Crippen molar-refractivity contribution >= 4 is 21.6 Å². The lowest BCUT2D eigenvalue weighted by atomic mass is 10.2. The van der Waals surface area contributed by atoms with Crippen molar-refractivity contribution in [3.05, 3.63) is 57.6 Å². The Hall–Kier alpha value is -1.42. The van der Waals surface area contributed by atoms with Crippen LogP contribution in [-0.2, 0) is 6.54 Å². The van der Waals surface area contributed by atoms with E-state index in [1.54, 1.807) is 6.07 Å². The van der Waals surface area contributed by atoms with E-state index in [1.807, 2.05) is 26.0 Å². The number of pyridine rings is 1. The second-order valence-corrected chi connectivity index (χ2v) is 5.03. The van der Waals surface area contributed by atoms with Gasteiger partial charge in [-0.3, -0.25) is 4.98 Å². The molecule has 2 aromatic rings. The van der Waals surface area contributed by atoms with Gasteiger partial charge in [-0.2, -0.15) is 0 Å². The third-order valence-electron chi connectivity index (χ3n) is 2.71. The first-order chi connectivity index (χ1) is 8.56. The molecule has 0 aliphatic rings. The molecule has 0 saturated carbocycles. The number of nitrogens with one attached hydrogen (secondary N) is 1. The van der Waals surface area contributed by atoms with E-state index in [2.05, 4.69) is 26.2 Å². The number of benzene rings is 1. The lowest BCUT2D eigenvalue weighted by molar-refractivity contribution is 0.626. The number of aromatic nitrogens is 1. The molecule has 2 nitrogen and oxygen atoms in total. The molecule has 0 atom stereocenters. The Labute approximate surface area is 114 Å². The minimum absolute atomic E-state index is 0.237. The van der Waals surface area contributed by atoms with Gasteiger partial charge in [0, 0.05) is 16.7 Å². The summed E-state index contributed by atoms with van der Waals surface area (Å²) in [6, 6.07) is 8.67. The molecule has 0 radical (unpaired) electrons. The fourth-order valence-electron chi connectivity index (χ4n) is 1.73. The van der Waals surface area contributed by atoms with Gasteiger partial charge < -0.3 is 5.32 Å². The normalized spacial score (nSPS) is 10.4. The topological polar surface area (TPSA) is 24.9 Å². The highest BCUT2D eigenvalue weighted by Crippen LogP contribution is 2.20. The van der Waals surface area contributed by atoms with E-state index in [9.17, 15) is 4.39 Å². The molecule has 0 unspecified atom stereocenters. The van der Waals surface area contributed by atoms with Crippen LogP contribution in [0.15, 0.2) is 34.8 Å². The van der Waals surface area contributed by atoms with E-state index in [1.165, 1.54) is 12.1 Å². The van der Waals surface area contributed by atoms with E-state index in [4.69, 9.17) is 0 Å². The van der Waals surface area contributed by atoms with Crippen LogP contribution in [0.1, 0.15) is 17.0 Å². The Morgan fingerprint density at radius 3 is 2.67 bits per heavy atom. The first-order valence-corrected chi connectivity index (χ1v) is 6.47. The van der Waals surface area contributed by atoms with Crippen LogP contribution >= 0.6 is 15.9 Å². The number of hydrogen-bond acceptors (Lipinski definition) is 2. The highest BCUT2D eigenvalue weighted by Gasteiger charge is 2.03. The number of nitrogens with zero attached hydrogens (tertiary/aromatic N) is 1. The molecule has 18 heavy (non-hydrogen) atoms. The van der Waals surface area contributed by atoms with E-state index in [0.717, 1.165) is 27.1 Å². The van der Waals surface area contributed by atoms with Gasteiger partial charge in [0.25, 0.3) is 0 Å². The Morgan fingerprint density at radius 1 is 1.22 bits per heavy atom. The zero-order valence-electron chi connectivity index (χ0n) is 10.3. The van der Waals surface area contributed by atoms with Crippen molar-refractivity contribution in [3.8, 4) is 0 Å². The van der Waals surface area contributed by atoms with E-state index < -0.39 is 0 Å². The van der Waals surface area contributed by atoms with Crippen molar-refractivity contribution in [1.29, 1.82) is 0 Å². The number of anilines is 1. The summed E-state index contributed by atoms with van der Waals surface area (Å²) in [5, 5.41) is 3.30. The van der Waals surface area contributed by atoms with Gasteiger partial charge >= 0.3 is 0 Å². The number of hydrogen-bond donors (Lipinski definition) is 1. The standard InChI is InChI=1S/C14H14BrFN2/c1-9-3-6-14(10(2)18-9)17-8-11-4-5-12(16)7-13(11)15/h3-7,17H,8H2,1-2H3. The third-order valence-corrected chi connectivity index (χ3v) is 3.45. The molecular formula is C14H14BrFN2. The van der Waals surface area contributed by atoms with Crippen LogP contribution < -0.4 is 5.32 Å². The van der Waals surface area contributed by atoms with Crippen molar-refractivity contribution in [2.45, 2.75) is 20.4 Å². The molecule has 0 saturated heterocycles. The molecule has 1 N–H and O–H groups in total. The molecule has 0 bridgehead atoms. The van der Waals surface area contributed by atoms with Gasteiger partial charge in [-0.1, -0.05) is 22.0 Å². The van der Waals surface area contributed by atoms with Crippen LogP contribution in [0.4, 0.5) is 10.1 Å². The summed E-state index contributed by atoms with van der Waals surface area (Å²) in [7, 11) is 0. The van der Waals surface area contributed by atoms with Crippen LogP contribution in [-0.4, -0.2) is 4.98 Å². The highest BCUT2D eigenvalue weighted by atomic mass is 79.9. The molecule has 2 rings (SSSR count). The zero-order chi connectivity index (χ0) is 13.1. The molecule has 1 heterocycles. The summed E-state index contributed by atoms with van der Waals surface area (Å²) in [5.74, 6) is -0.237. The van der Waals surface area contributed by atoms with E-state index >= 15 is 0 Å². The maximum atomic E-state index is 13.0. The Morgan fingerprint density at radius 2 is 2.00 bits per heavy atom. The molecular weight excluding hydrogens is 295 g/mol. The predicted molar refractivity (Wildman–Crippen MR) is 75.1 cm³/mol. The maximum absolute atomic E-state index is 13.0. The minimum Gasteiger partial charge on any atom is -0.379 e. The summed E-state index contributed by atoms with van der Waals surface area (Å²) in [4.78, 5) is 4.39. The van der Waals surface area contributed by atoms with Crippen molar-refractivity contribution in [3.63, 3.8) is 0 Å². The van der Waals surface area contributed by atoms with Crippen molar-refractivity contribution in [1.82, 2.24) is 4.98 Å². The number of halogens is 2. The monoisotopic (exact) mass is 308 g/mol. The Balaban J connectivity index is 2.11. The second kappa shape index (κ2) is 5.48. The first-order valence-electron chi connectivity index (χ1n) is 5.68. The Kier molecular flexibility index (Phi) is 3.97. The molecule has 0 amide bonds. The molecule has 1 aromatic carbocycles. The molecule has 1 aromatic heterocycles. The molecule has 94 valence electrons. The summed E-state index contributed by atoms with van der Waals surface area (Å²) in [6.07, 6.45) is 0. The molecule has 0 fully saturated rings. The first kappa shape index (κ1) is 13.0. The van der Waals surface area contributed by atoms with E-state index in [-0.39, 0.29) is 5.82 Å². The second-order valence-electron chi connectivity index (χ2n) is 4.17. The average Bonchev–Trinajstić information content (AvgIpc) is 2.30. The lowest BCUT2D eigenvalue weighted by Crippen LogP contribution is -2.03. The molecule has 4 heteroatoms. The fourth-order valence-corrected chi connectivity index (χ4v) is 2.22. The van der Waals surface area contributed by atoms with Gasteiger partial charge in [-0.25, -0.2) is 4.39 Å². The molecule has 0 aliphatic heterocycles. The van der Waals surface area contributed by atoms with Gasteiger partial charge in [-0.05, 0) is 43.7 Å². The predicted octanol–water partition coefficient (Wildman–Crippen LogP) is 4.21. The summed E-state index contributed by atoms with van der Waals surface area (Å²) in [5.41, 5.74) is 3.97. The van der Waals surface area contributed by atoms with Gasteiger partial charge in [-0.15, -0.1) is 0 Å². The quantitative estimate of drug-likeness (QED) is 0.918. The number of aryl methyl sites for hydroxylation is 2. The summed E-state index contributed by atoms with van der Waals surface area (Å²) in [6.45, 7) is 4.56. The molecule has 0 aliphatic carbocycles. The zero-order valence-corrected chi connectivity index (χ0v) is 11.9. The highest BCUT2D eigenvalue weighted by molar-refractivity contribution is 9.10. The Bertz CT molecular complexity index is 518. The van der Waals surface area contributed by atoms with Crippen molar-refractivity contribution in [2.75, 3.05) is 5.32 Å². The SMILES string of the molecule is Cc1ccc(NCc2ccc(F)cc2Br)c(C)n1. The number of rotatable bonds is 3. The average molecular weight is 309 g/mol. The largest absolute Gasteiger partial charge is 0.379 e. The summed E-state index contributed by atoms with van der Waals surface area (Å²) < 4.78 is 13.7. The van der Waals surface area contributed by atoms with Crippen molar-refractivity contribution < 1.29 is 4.39 Å². The summed E-state index contributed by atoms with van der Waals surface area (Å²) >= 11 is 3.36. The molecule has 0 spiro atoms. The van der Waals surface area contributed by atoms with Gasteiger partial charge in [0.1, 0.15) is 5.82 Å². The third kappa shape index (κ3) is 3.07. The maximum Gasteiger partial charge on any atom is 0.124 e. The van der Waals surface area contributed by atoms with Crippen LogP contribution in [0.5, 0.6) is 0 Å². The van der Waals surface area contributed by atoms with Crippen LogP contribution in [0.2, 0.25) is 0 Å². The van der Waals surface area contributed by atoms with Crippen LogP contribution in [0.3, 0.4) is 0 Å². The van der Waals surface area contributed by atoms with Gasteiger partial charge in [0.05, 0.1) is 11.4 Å².